The van der Waals surface area contributed by atoms with Crippen LogP contribution in [0, 0.1) is 23.0 Å². The lowest BCUT2D eigenvalue weighted by Crippen LogP contribution is -2.41. The van der Waals surface area contributed by atoms with Gasteiger partial charge in [-0.1, -0.05) is 11.6 Å². The second-order valence-corrected chi connectivity index (χ2v) is 5.02. The quantitative estimate of drug-likeness (QED) is 0.625. The van der Waals surface area contributed by atoms with Crippen molar-refractivity contribution in [3.05, 3.63) is 22.2 Å². The number of benzene rings is 1. The van der Waals surface area contributed by atoms with Crippen LogP contribution in [0.3, 0.4) is 0 Å². The minimum absolute atomic E-state index is 0.0729. The van der Waals surface area contributed by atoms with E-state index in [0.29, 0.717) is 0 Å². The molecular weight excluding hydrogens is 292 g/mol. The van der Waals surface area contributed by atoms with Crippen LogP contribution in [0.2, 0.25) is 5.02 Å². The maximum Gasteiger partial charge on any atom is 0.493 e. The fourth-order valence-corrected chi connectivity index (χ4v) is 2.07. The highest BCUT2D eigenvalue weighted by molar-refractivity contribution is 6.65. The molecule has 0 amide bonds. The summed E-state index contributed by atoms with van der Waals surface area (Å²) >= 11 is 5.90. The molecule has 0 bridgehead atoms. The van der Waals surface area contributed by atoms with Crippen LogP contribution in [0.1, 0.15) is 12.5 Å². The predicted octanol–water partition coefficient (Wildman–Crippen LogP) is 0.456. The van der Waals surface area contributed by atoms with Gasteiger partial charge in [-0.25, -0.2) is 4.39 Å². The van der Waals surface area contributed by atoms with Crippen molar-refractivity contribution in [3.8, 4) is 11.8 Å². The molecule has 106 valence electrons. The molecule has 20 heavy (non-hydrogen) atoms. The molecule has 1 aliphatic rings. The van der Waals surface area contributed by atoms with Gasteiger partial charge >= 0.3 is 7.12 Å². The van der Waals surface area contributed by atoms with E-state index < -0.39 is 36.6 Å². The van der Waals surface area contributed by atoms with Gasteiger partial charge in [0.2, 0.25) is 5.82 Å². The molecule has 0 unspecified atom stereocenters. The van der Waals surface area contributed by atoms with E-state index in [9.17, 15) is 13.8 Å². The third-order valence-electron chi connectivity index (χ3n) is 2.82. The molecule has 9 heteroatoms. The van der Waals surface area contributed by atoms with Crippen molar-refractivity contribution in [2.45, 2.75) is 19.1 Å². The third kappa shape index (κ3) is 2.45. The van der Waals surface area contributed by atoms with Gasteiger partial charge in [0.05, 0.1) is 17.7 Å². The molecule has 1 heterocycles. The van der Waals surface area contributed by atoms with E-state index in [0.717, 1.165) is 0 Å². The van der Waals surface area contributed by atoms with Crippen LogP contribution in [-0.4, -0.2) is 24.3 Å². The Labute approximate surface area is 119 Å². The summed E-state index contributed by atoms with van der Waals surface area (Å²) in [6.45, 7) is 0.682. The molecule has 5 nitrogen and oxygen atoms in total. The maximum absolute atomic E-state index is 13.9. The molecule has 3 N–H and O–H groups in total. The first-order chi connectivity index (χ1) is 9.28. The Bertz CT molecular complexity index is 607. The van der Waals surface area contributed by atoms with Crippen LogP contribution in [0.25, 0.3) is 0 Å². The average molecular weight is 302 g/mol. The van der Waals surface area contributed by atoms with Crippen LogP contribution < -0.4 is 15.9 Å². The zero-order valence-corrected chi connectivity index (χ0v) is 11.2. The summed E-state index contributed by atoms with van der Waals surface area (Å²) in [5, 5.41) is 18.0. The fraction of sp³-hybridized carbons (Fsp3) is 0.364. The van der Waals surface area contributed by atoms with E-state index in [1.807, 2.05) is 0 Å². The number of hydrogen-bond donors (Lipinski definition) is 2. The van der Waals surface area contributed by atoms with Gasteiger partial charge in [0, 0.05) is 11.0 Å². The number of halogens is 3. The number of nitrogens with zero attached hydrogens (tertiary/aromatic N) is 1. The van der Waals surface area contributed by atoms with Crippen molar-refractivity contribution in [1.82, 2.24) is 0 Å². The maximum atomic E-state index is 13.9. The topological polar surface area (TPSA) is 88.5 Å². The first-order valence-electron chi connectivity index (χ1n) is 5.60. The smallest absolute Gasteiger partial charge is 0.486 e. The van der Waals surface area contributed by atoms with Crippen LogP contribution in [0.5, 0.6) is 5.75 Å². The largest absolute Gasteiger partial charge is 0.493 e. The second-order valence-electron chi connectivity index (χ2n) is 4.64. The van der Waals surface area contributed by atoms with Gasteiger partial charge < -0.3 is 20.1 Å². The highest BCUT2D eigenvalue weighted by Crippen LogP contribution is 2.33. The van der Waals surface area contributed by atoms with Crippen molar-refractivity contribution in [3.63, 3.8) is 0 Å². The van der Waals surface area contributed by atoms with Gasteiger partial charge in [0.25, 0.3) is 0 Å². The molecular formula is C11H10BClF2N2O3. The van der Waals surface area contributed by atoms with Gasteiger partial charge in [-0.2, -0.15) is 9.65 Å². The SMILES string of the molecule is C[C@](N)(C#N)COc1c(F)c(F)c2c(c1Cl)B(O)OC2. The molecule has 0 aliphatic carbocycles. The molecule has 1 atom stereocenters. The summed E-state index contributed by atoms with van der Waals surface area (Å²) in [4.78, 5) is 0. The highest BCUT2D eigenvalue weighted by atomic mass is 35.5. The molecule has 1 aromatic rings. The van der Waals surface area contributed by atoms with Crippen molar-refractivity contribution in [2.24, 2.45) is 5.73 Å². The van der Waals surface area contributed by atoms with E-state index in [4.69, 9.17) is 32.0 Å². The Morgan fingerprint density at radius 1 is 1.60 bits per heavy atom. The summed E-state index contributed by atoms with van der Waals surface area (Å²) in [5.41, 5.74) is 3.91. The van der Waals surface area contributed by atoms with E-state index in [1.54, 1.807) is 6.07 Å². The van der Waals surface area contributed by atoms with Gasteiger partial charge in [0.1, 0.15) is 12.1 Å². The zero-order valence-electron chi connectivity index (χ0n) is 10.4. The van der Waals surface area contributed by atoms with Crippen LogP contribution in [0.15, 0.2) is 0 Å². The predicted molar refractivity (Wildman–Crippen MR) is 67.5 cm³/mol. The second kappa shape index (κ2) is 5.18. The molecule has 1 aliphatic heterocycles. The Morgan fingerprint density at radius 3 is 2.85 bits per heavy atom. The lowest BCUT2D eigenvalue weighted by atomic mass is 9.79. The number of nitriles is 1. The highest BCUT2D eigenvalue weighted by Gasteiger charge is 2.37. The minimum atomic E-state index is -1.45. The first kappa shape index (κ1) is 15.0. The number of fused-ring (bicyclic) bond motifs is 1. The Kier molecular flexibility index (Phi) is 3.89. The molecule has 0 aromatic heterocycles. The van der Waals surface area contributed by atoms with Crippen molar-refractivity contribution in [1.29, 1.82) is 5.26 Å². The molecule has 0 saturated heterocycles. The monoisotopic (exact) mass is 302 g/mol. The lowest BCUT2D eigenvalue weighted by Gasteiger charge is -2.18. The summed E-state index contributed by atoms with van der Waals surface area (Å²) in [5.74, 6) is -3.11. The first-order valence-corrected chi connectivity index (χ1v) is 5.98. The Balaban J connectivity index is 2.43. The average Bonchev–Trinajstić information content (AvgIpc) is 2.78. The van der Waals surface area contributed by atoms with Gasteiger partial charge in [-0.3, -0.25) is 0 Å². The van der Waals surface area contributed by atoms with Gasteiger partial charge in [0.15, 0.2) is 11.6 Å². The number of rotatable bonds is 3. The van der Waals surface area contributed by atoms with Crippen molar-refractivity contribution in [2.75, 3.05) is 6.61 Å². The summed E-state index contributed by atoms with van der Waals surface area (Å²) in [6.07, 6.45) is 0. The molecule has 0 saturated carbocycles. The zero-order chi connectivity index (χ0) is 15.1. The third-order valence-corrected chi connectivity index (χ3v) is 3.20. The van der Waals surface area contributed by atoms with Crippen LogP contribution in [0.4, 0.5) is 8.78 Å². The molecule has 2 rings (SSSR count). The van der Waals surface area contributed by atoms with Crippen LogP contribution in [-0.2, 0) is 11.3 Å². The lowest BCUT2D eigenvalue weighted by molar-refractivity contribution is 0.249. The molecule has 0 radical (unpaired) electrons. The fourth-order valence-electron chi connectivity index (χ4n) is 1.73. The van der Waals surface area contributed by atoms with E-state index in [1.165, 1.54) is 6.92 Å². The van der Waals surface area contributed by atoms with Gasteiger partial charge in [-0.15, -0.1) is 0 Å². The van der Waals surface area contributed by atoms with E-state index in [2.05, 4.69) is 0 Å². The summed E-state index contributed by atoms with van der Waals surface area (Å²) in [7, 11) is -1.45. The number of ether oxygens (including phenoxy) is 1. The van der Waals surface area contributed by atoms with E-state index in [-0.39, 0.29) is 22.7 Å². The number of hydrogen-bond acceptors (Lipinski definition) is 5. The summed E-state index contributed by atoms with van der Waals surface area (Å²) < 4.78 is 37.5. The minimum Gasteiger partial charge on any atom is -0.486 e. The standard InChI is InChI=1S/C11H10BClF2N2O3/c1-11(17,3-16)4-19-10-7(13)6-5(2-20-12(6)18)8(14)9(10)15/h18H,2,4,17H2,1H3/t11-/m0/s1. The normalized spacial score (nSPS) is 16.6. The Morgan fingerprint density at radius 2 is 2.25 bits per heavy atom. The number of nitrogens with two attached hydrogens (primary N) is 1. The van der Waals surface area contributed by atoms with Crippen LogP contribution >= 0.6 is 11.6 Å². The Hall–Kier alpha value is -1.40. The van der Waals surface area contributed by atoms with Crippen molar-refractivity contribution >= 4 is 24.2 Å². The molecule has 0 fully saturated rings. The van der Waals surface area contributed by atoms with Gasteiger partial charge in [-0.05, 0) is 6.92 Å². The molecule has 0 spiro atoms. The van der Waals surface area contributed by atoms with E-state index >= 15 is 0 Å². The molecule has 1 aromatic carbocycles. The summed E-state index contributed by atoms with van der Waals surface area (Å²) in [6, 6.07) is 1.75. The van der Waals surface area contributed by atoms with Crippen molar-refractivity contribution < 1.29 is 23.2 Å².